The number of aromatic carboxylic acids is 1. The number of amides is 4. The Bertz CT molecular complexity index is 969. The maximum Gasteiger partial charge on any atom is 0.335 e. The molecule has 1 unspecified atom stereocenters. The Balaban J connectivity index is 2.81. The predicted molar refractivity (Wildman–Crippen MR) is 136 cm³/mol. The molecule has 0 spiro atoms. The van der Waals surface area contributed by atoms with E-state index in [9.17, 15) is 29.1 Å². The molecule has 37 heavy (non-hydrogen) atoms. The van der Waals surface area contributed by atoms with Crippen LogP contribution in [0.5, 0.6) is 0 Å². The van der Waals surface area contributed by atoms with Crippen molar-refractivity contribution in [3.8, 4) is 0 Å². The Labute approximate surface area is 215 Å². The molecule has 1 rings (SSSR count). The highest BCUT2D eigenvalue weighted by atomic mass is 16.4. The minimum atomic E-state index is -1.65. The van der Waals surface area contributed by atoms with Crippen LogP contribution in [0.25, 0.3) is 0 Å². The first-order chi connectivity index (χ1) is 17.3. The second kappa shape index (κ2) is 14.9. The van der Waals surface area contributed by atoms with Crippen molar-refractivity contribution < 1.29 is 34.2 Å². The standard InChI is InChI=1S/C24H38N6O7/c1-12(2)8-17(29-23(35)19(13(3)4)30-20(32)16(26)10-25)21(33)27-11-18(31)22(34)28-15-7-5-6-14(9-15)24(36)37/h5-7,9,12-13,16-19,31H,8,10-11,25-26H2,1-4H3,(H,27,33)(H,28,34)(H,29,35)(H,30,32)(H,36,37)/t16-,17-,18?,19-/m0/s1. The highest BCUT2D eigenvalue weighted by Crippen LogP contribution is 2.11. The molecule has 0 aromatic heterocycles. The number of carbonyl (C=O) groups excluding carboxylic acids is 4. The highest BCUT2D eigenvalue weighted by molar-refractivity contribution is 5.97. The largest absolute Gasteiger partial charge is 0.478 e. The quantitative estimate of drug-likeness (QED) is 0.146. The molecule has 13 nitrogen and oxygen atoms in total. The molecular weight excluding hydrogens is 484 g/mol. The van der Waals surface area contributed by atoms with E-state index in [0.717, 1.165) is 0 Å². The van der Waals surface area contributed by atoms with Crippen molar-refractivity contribution in [2.24, 2.45) is 23.3 Å². The topological polar surface area (TPSA) is 226 Å². The van der Waals surface area contributed by atoms with Crippen LogP contribution in [0.3, 0.4) is 0 Å². The summed E-state index contributed by atoms with van der Waals surface area (Å²) in [4.78, 5) is 61.3. The Hall–Kier alpha value is -3.55. The number of benzene rings is 1. The molecule has 4 atom stereocenters. The highest BCUT2D eigenvalue weighted by Gasteiger charge is 2.30. The number of hydrogen-bond acceptors (Lipinski definition) is 8. The normalized spacial score (nSPS) is 14.3. The number of anilines is 1. The molecule has 0 radical (unpaired) electrons. The van der Waals surface area contributed by atoms with Crippen molar-refractivity contribution in [2.75, 3.05) is 18.4 Å². The minimum Gasteiger partial charge on any atom is -0.478 e. The number of nitrogens with one attached hydrogen (secondary N) is 4. The van der Waals surface area contributed by atoms with Crippen molar-refractivity contribution in [3.05, 3.63) is 29.8 Å². The van der Waals surface area contributed by atoms with Gasteiger partial charge in [0.1, 0.15) is 18.2 Å². The van der Waals surface area contributed by atoms with E-state index in [1.54, 1.807) is 13.8 Å². The summed E-state index contributed by atoms with van der Waals surface area (Å²) in [5, 5.41) is 29.2. The molecule has 0 aliphatic rings. The first-order valence-corrected chi connectivity index (χ1v) is 11.9. The van der Waals surface area contributed by atoms with Crippen LogP contribution in [-0.2, 0) is 19.2 Å². The third-order valence-electron chi connectivity index (χ3n) is 5.33. The van der Waals surface area contributed by atoms with Gasteiger partial charge in [0.25, 0.3) is 5.91 Å². The van der Waals surface area contributed by atoms with Crippen LogP contribution in [0, 0.1) is 11.8 Å². The third-order valence-corrected chi connectivity index (χ3v) is 5.33. The summed E-state index contributed by atoms with van der Waals surface area (Å²) < 4.78 is 0. The van der Waals surface area contributed by atoms with E-state index in [1.807, 2.05) is 13.8 Å². The summed E-state index contributed by atoms with van der Waals surface area (Å²) in [6.45, 7) is 6.58. The molecular formula is C24H38N6O7. The van der Waals surface area contributed by atoms with Gasteiger partial charge < -0.3 is 42.9 Å². The molecule has 10 N–H and O–H groups in total. The maximum absolute atomic E-state index is 12.9. The van der Waals surface area contributed by atoms with Crippen LogP contribution >= 0.6 is 0 Å². The Kier molecular flexibility index (Phi) is 12.7. The average Bonchev–Trinajstić information content (AvgIpc) is 2.83. The van der Waals surface area contributed by atoms with Gasteiger partial charge in [-0.2, -0.15) is 0 Å². The summed E-state index contributed by atoms with van der Waals surface area (Å²) in [5.41, 5.74) is 11.1. The van der Waals surface area contributed by atoms with Crippen LogP contribution in [0.15, 0.2) is 24.3 Å². The van der Waals surface area contributed by atoms with Gasteiger partial charge in [-0.3, -0.25) is 19.2 Å². The van der Waals surface area contributed by atoms with Crippen molar-refractivity contribution in [1.82, 2.24) is 16.0 Å². The van der Waals surface area contributed by atoms with Crippen LogP contribution < -0.4 is 32.7 Å². The van der Waals surface area contributed by atoms with Gasteiger partial charge in [-0.25, -0.2) is 4.79 Å². The fraction of sp³-hybridized carbons (Fsp3) is 0.542. The number of hydrogen-bond donors (Lipinski definition) is 8. The minimum absolute atomic E-state index is 0.00328. The van der Waals surface area contributed by atoms with E-state index in [1.165, 1.54) is 24.3 Å². The number of aliphatic hydroxyl groups excluding tert-OH is 1. The first-order valence-electron chi connectivity index (χ1n) is 11.9. The maximum atomic E-state index is 12.9. The lowest BCUT2D eigenvalue weighted by Crippen LogP contribution is -2.58. The van der Waals surface area contributed by atoms with Gasteiger partial charge in [-0.15, -0.1) is 0 Å². The number of carbonyl (C=O) groups is 5. The van der Waals surface area contributed by atoms with E-state index in [4.69, 9.17) is 16.6 Å². The summed E-state index contributed by atoms with van der Waals surface area (Å²) in [6.07, 6.45) is -1.39. The first kappa shape index (κ1) is 31.5. The van der Waals surface area contributed by atoms with E-state index >= 15 is 0 Å². The van der Waals surface area contributed by atoms with Crippen molar-refractivity contribution in [1.29, 1.82) is 0 Å². The molecule has 13 heteroatoms. The molecule has 1 aromatic carbocycles. The van der Waals surface area contributed by atoms with E-state index in [-0.39, 0.29) is 36.1 Å². The predicted octanol–water partition coefficient (Wildman–Crippen LogP) is -1.24. The van der Waals surface area contributed by atoms with Gasteiger partial charge in [-0.05, 0) is 36.5 Å². The molecule has 0 heterocycles. The fourth-order valence-corrected chi connectivity index (χ4v) is 3.24. The molecule has 0 aliphatic carbocycles. The zero-order valence-electron chi connectivity index (χ0n) is 21.5. The Morgan fingerprint density at radius 2 is 1.59 bits per heavy atom. The monoisotopic (exact) mass is 522 g/mol. The average molecular weight is 523 g/mol. The zero-order valence-corrected chi connectivity index (χ0v) is 21.5. The number of carboxylic acids is 1. The second-order valence-electron chi connectivity index (χ2n) is 9.40. The number of aliphatic hydroxyl groups is 1. The van der Waals surface area contributed by atoms with Crippen LogP contribution in [0.2, 0.25) is 0 Å². The fourth-order valence-electron chi connectivity index (χ4n) is 3.24. The number of carboxylic acid groups (broad SMARTS) is 1. The van der Waals surface area contributed by atoms with Crippen molar-refractivity contribution in [2.45, 2.75) is 58.3 Å². The number of rotatable bonds is 14. The van der Waals surface area contributed by atoms with Gasteiger partial charge >= 0.3 is 5.97 Å². The lowest BCUT2D eigenvalue weighted by Gasteiger charge is -2.27. The zero-order chi connectivity index (χ0) is 28.3. The molecule has 0 aliphatic heterocycles. The van der Waals surface area contributed by atoms with Crippen LogP contribution in [0.1, 0.15) is 44.5 Å². The van der Waals surface area contributed by atoms with E-state index < -0.39 is 60.4 Å². The molecule has 0 bridgehead atoms. The second-order valence-corrected chi connectivity index (χ2v) is 9.40. The van der Waals surface area contributed by atoms with Gasteiger partial charge in [0.2, 0.25) is 17.7 Å². The smallest absolute Gasteiger partial charge is 0.335 e. The van der Waals surface area contributed by atoms with Crippen molar-refractivity contribution in [3.63, 3.8) is 0 Å². The SMILES string of the molecule is CC(C)C[C@H](NC(=O)[C@@H](NC(=O)[C@@H](N)CN)C(C)C)C(=O)NCC(O)C(=O)Nc1cccc(C(=O)O)c1. The summed E-state index contributed by atoms with van der Waals surface area (Å²) in [6, 6.07) is 2.51. The lowest BCUT2D eigenvalue weighted by molar-refractivity contribution is -0.133. The number of nitrogens with two attached hydrogens (primary N) is 2. The van der Waals surface area contributed by atoms with Crippen LogP contribution in [0.4, 0.5) is 5.69 Å². The molecule has 4 amide bonds. The summed E-state index contributed by atoms with van der Waals surface area (Å²) in [5.74, 6) is -4.16. The van der Waals surface area contributed by atoms with E-state index in [2.05, 4.69) is 21.3 Å². The summed E-state index contributed by atoms with van der Waals surface area (Å²) in [7, 11) is 0. The lowest BCUT2D eigenvalue weighted by atomic mass is 9.99. The van der Waals surface area contributed by atoms with Gasteiger partial charge in [-0.1, -0.05) is 33.8 Å². The van der Waals surface area contributed by atoms with Crippen LogP contribution in [-0.4, -0.2) is 77.1 Å². The Morgan fingerprint density at radius 3 is 2.14 bits per heavy atom. The van der Waals surface area contributed by atoms with Gasteiger partial charge in [0.15, 0.2) is 0 Å². The van der Waals surface area contributed by atoms with Gasteiger partial charge in [0, 0.05) is 12.2 Å². The summed E-state index contributed by atoms with van der Waals surface area (Å²) >= 11 is 0. The van der Waals surface area contributed by atoms with Gasteiger partial charge in [0.05, 0.1) is 18.2 Å². The van der Waals surface area contributed by atoms with E-state index in [0.29, 0.717) is 0 Å². The molecule has 1 aromatic rings. The van der Waals surface area contributed by atoms with Crippen molar-refractivity contribution >= 4 is 35.3 Å². The Morgan fingerprint density at radius 1 is 0.946 bits per heavy atom. The third kappa shape index (κ3) is 10.5. The molecule has 0 saturated heterocycles. The molecule has 206 valence electrons. The molecule has 0 saturated carbocycles. The molecule has 0 fully saturated rings.